The third-order valence-corrected chi connectivity index (χ3v) is 7.10. The zero-order chi connectivity index (χ0) is 24.6. The van der Waals surface area contributed by atoms with E-state index in [4.69, 9.17) is 14.2 Å². The van der Waals surface area contributed by atoms with Gasteiger partial charge in [-0.2, -0.15) is 0 Å². The number of nitrogens with one attached hydrogen (secondary N) is 2. The number of ether oxygens (including phenoxy) is 3. The van der Waals surface area contributed by atoms with Gasteiger partial charge in [0.05, 0.1) is 36.5 Å². The molecule has 2 aromatic carbocycles. The van der Waals surface area contributed by atoms with Crippen molar-refractivity contribution in [3.05, 3.63) is 63.5 Å². The van der Waals surface area contributed by atoms with Crippen LogP contribution in [0.1, 0.15) is 62.7 Å². The van der Waals surface area contributed by atoms with Gasteiger partial charge in [0, 0.05) is 31.2 Å². The van der Waals surface area contributed by atoms with Crippen molar-refractivity contribution in [3.63, 3.8) is 0 Å². The number of amides is 2. The molecule has 5 rings (SSSR count). The van der Waals surface area contributed by atoms with Crippen LogP contribution in [0.3, 0.4) is 0 Å². The van der Waals surface area contributed by atoms with Gasteiger partial charge in [-0.3, -0.25) is 9.59 Å². The molecular formula is C27H31FN2O5. The molecule has 0 radical (unpaired) electrons. The Balaban J connectivity index is 1.37. The predicted molar refractivity (Wildman–Crippen MR) is 128 cm³/mol. The fourth-order valence-corrected chi connectivity index (χ4v) is 4.95. The zero-order valence-electron chi connectivity index (χ0n) is 20.2. The first kappa shape index (κ1) is 23.8. The summed E-state index contributed by atoms with van der Waals surface area (Å²) in [5.74, 6) is -0.508. The van der Waals surface area contributed by atoms with E-state index in [1.54, 1.807) is 6.07 Å². The third kappa shape index (κ3) is 4.90. The highest BCUT2D eigenvalue weighted by Gasteiger charge is 2.35. The standard InChI is InChI=1S/C27H31FN2O5/c1-16-18(11-17-3-4-21(23(28)12-17)26(32)30-27(2)14-34-15-27)13-22(24-20(16)7-10-35-24)25(31)29-19-5-8-33-9-6-19/h3-4,12-13,19H,5-11,14-15H2,1-2H3,(H,29,31)(H,30,32). The molecule has 0 saturated carbocycles. The normalized spacial score (nSPS) is 18.8. The van der Waals surface area contributed by atoms with Crippen LogP contribution < -0.4 is 15.4 Å². The molecule has 7 nitrogen and oxygen atoms in total. The van der Waals surface area contributed by atoms with Crippen LogP contribution in [0.4, 0.5) is 4.39 Å². The summed E-state index contributed by atoms with van der Waals surface area (Å²) in [4.78, 5) is 25.7. The van der Waals surface area contributed by atoms with Crippen molar-refractivity contribution in [2.75, 3.05) is 33.0 Å². The van der Waals surface area contributed by atoms with Crippen molar-refractivity contribution in [2.24, 2.45) is 0 Å². The summed E-state index contributed by atoms with van der Waals surface area (Å²) in [6.07, 6.45) is 2.77. The lowest BCUT2D eigenvalue weighted by Crippen LogP contribution is -2.60. The van der Waals surface area contributed by atoms with Crippen molar-refractivity contribution < 1.29 is 28.2 Å². The lowest BCUT2D eigenvalue weighted by Gasteiger charge is -2.38. The molecule has 3 heterocycles. The molecule has 2 aromatic rings. The maximum Gasteiger partial charge on any atom is 0.255 e. The Labute approximate surface area is 204 Å². The molecule has 3 aliphatic heterocycles. The van der Waals surface area contributed by atoms with Crippen molar-refractivity contribution in [2.45, 2.75) is 51.1 Å². The summed E-state index contributed by atoms with van der Waals surface area (Å²) in [5.41, 5.74) is 3.85. The van der Waals surface area contributed by atoms with Gasteiger partial charge >= 0.3 is 0 Å². The van der Waals surface area contributed by atoms with Gasteiger partial charge in [0.2, 0.25) is 0 Å². The molecule has 0 bridgehead atoms. The lowest BCUT2D eigenvalue weighted by atomic mass is 9.91. The van der Waals surface area contributed by atoms with E-state index in [1.807, 2.05) is 19.9 Å². The highest BCUT2D eigenvalue weighted by Crippen LogP contribution is 2.35. The average Bonchev–Trinajstić information content (AvgIpc) is 3.31. The van der Waals surface area contributed by atoms with Crippen LogP contribution in [0.5, 0.6) is 5.75 Å². The van der Waals surface area contributed by atoms with E-state index in [0.29, 0.717) is 50.8 Å². The lowest BCUT2D eigenvalue weighted by molar-refractivity contribution is -0.0594. The molecule has 0 atom stereocenters. The van der Waals surface area contributed by atoms with Crippen LogP contribution in [0.15, 0.2) is 24.3 Å². The van der Waals surface area contributed by atoms with E-state index in [2.05, 4.69) is 10.6 Å². The minimum atomic E-state index is -0.566. The van der Waals surface area contributed by atoms with Gasteiger partial charge in [-0.15, -0.1) is 0 Å². The van der Waals surface area contributed by atoms with Crippen LogP contribution in [0.25, 0.3) is 0 Å². The number of carbonyl (C=O) groups excluding carboxylic acids is 2. The summed E-state index contributed by atoms with van der Waals surface area (Å²) in [6, 6.07) is 6.64. The highest BCUT2D eigenvalue weighted by molar-refractivity contribution is 5.98. The molecule has 2 amide bonds. The predicted octanol–water partition coefficient (Wildman–Crippen LogP) is 3.09. The molecule has 186 valence electrons. The van der Waals surface area contributed by atoms with Gasteiger partial charge in [0.1, 0.15) is 11.6 Å². The first-order chi connectivity index (χ1) is 16.8. The number of halogens is 1. The minimum absolute atomic E-state index is 0.0116. The first-order valence-corrected chi connectivity index (χ1v) is 12.2. The van der Waals surface area contributed by atoms with Gasteiger partial charge in [-0.05, 0) is 68.0 Å². The van der Waals surface area contributed by atoms with Crippen molar-refractivity contribution in [3.8, 4) is 5.75 Å². The molecule has 0 unspecified atom stereocenters. The molecule has 2 saturated heterocycles. The number of carbonyl (C=O) groups is 2. The number of benzene rings is 2. The van der Waals surface area contributed by atoms with E-state index in [9.17, 15) is 14.0 Å². The topological polar surface area (TPSA) is 85.9 Å². The van der Waals surface area contributed by atoms with Gasteiger partial charge < -0.3 is 24.8 Å². The fraction of sp³-hybridized carbons (Fsp3) is 0.481. The minimum Gasteiger partial charge on any atom is -0.492 e. The van der Waals surface area contributed by atoms with E-state index in [-0.39, 0.29) is 17.5 Å². The molecule has 3 aliphatic rings. The number of hydrogen-bond acceptors (Lipinski definition) is 5. The molecule has 0 aliphatic carbocycles. The number of rotatable bonds is 6. The van der Waals surface area contributed by atoms with E-state index in [1.165, 1.54) is 12.1 Å². The quantitative estimate of drug-likeness (QED) is 0.661. The van der Waals surface area contributed by atoms with Crippen LogP contribution >= 0.6 is 0 Å². The third-order valence-electron chi connectivity index (χ3n) is 7.10. The summed E-state index contributed by atoms with van der Waals surface area (Å²) in [6.45, 7) is 6.56. The molecular weight excluding hydrogens is 451 g/mol. The van der Waals surface area contributed by atoms with Gasteiger partial charge in [0.15, 0.2) is 0 Å². The summed E-state index contributed by atoms with van der Waals surface area (Å²) < 4.78 is 31.3. The zero-order valence-corrected chi connectivity index (χ0v) is 20.2. The molecule has 2 N–H and O–H groups in total. The van der Waals surface area contributed by atoms with Crippen LogP contribution in [0.2, 0.25) is 0 Å². The second-order valence-electron chi connectivity index (χ2n) is 9.97. The van der Waals surface area contributed by atoms with Crippen molar-refractivity contribution in [1.29, 1.82) is 0 Å². The fourth-order valence-electron chi connectivity index (χ4n) is 4.95. The highest BCUT2D eigenvalue weighted by atomic mass is 19.1. The van der Waals surface area contributed by atoms with Gasteiger partial charge in [-0.25, -0.2) is 4.39 Å². The monoisotopic (exact) mass is 482 g/mol. The van der Waals surface area contributed by atoms with Crippen LogP contribution in [0, 0.1) is 12.7 Å². The van der Waals surface area contributed by atoms with E-state index in [0.717, 1.165) is 41.5 Å². The maximum absolute atomic E-state index is 14.9. The van der Waals surface area contributed by atoms with Crippen LogP contribution in [-0.2, 0) is 22.3 Å². The van der Waals surface area contributed by atoms with Crippen molar-refractivity contribution >= 4 is 11.8 Å². The van der Waals surface area contributed by atoms with Crippen molar-refractivity contribution in [1.82, 2.24) is 10.6 Å². The summed E-state index contributed by atoms with van der Waals surface area (Å²) >= 11 is 0. The Kier molecular flexibility index (Phi) is 6.51. The molecule has 35 heavy (non-hydrogen) atoms. The second-order valence-corrected chi connectivity index (χ2v) is 9.97. The van der Waals surface area contributed by atoms with E-state index < -0.39 is 17.3 Å². The number of hydrogen-bond donors (Lipinski definition) is 2. The first-order valence-electron chi connectivity index (χ1n) is 12.2. The second kappa shape index (κ2) is 9.59. The largest absolute Gasteiger partial charge is 0.492 e. The average molecular weight is 483 g/mol. The maximum atomic E-state index is 14.9. The summed E-state index contributed by atoms with van der Waals surface area (Å²) in [5, 5.41) is 5.96. The molecule has 0 spiro atoms. The Morgan fingerprint density at radius 1 is 1.06 bits per heavy atom. The molecule has 2 fully saturated rings. The summed E-state index contributed by atoms with van der Waals surface area (Å²) in [7, 11) is 0. The number of fused-ring (bicyclic) bond motifs is 1. The molecule has 8 heteroatoms. The van der Waals surface area contributed by atoms with E-state index >= 15 is 0 Å². The SMILES string of the molecule is Cc1c(Cc2ccc(C(=O)NC3(C)COC3)c(F)c2)cc(C(=O)NC2CCOCC2)c2c1CCO2. The van der Waals surface area contributed by atoms with Crippen LogP contribution in [-0.4, -0.2) is 56.4 Å². The van der Waals surface area contributed by atoms with Gasteiger partial charge in [0.25, 0.3) is 11.8 Å². The molecule has 0 aromatic heterocycles. The Morgan fingerprint density at radius 2 is 1.83 bits per heavy atom. The Morgan fingerprint density at radius 3 is 2.51 bits per heavy atom. The Hall–Kier alpha value is -2.97. The Bertz CT molecular complexity index is 1150. The smallest absolute Gasteiger partial charge is 0.255 e. The van der Waals surface area contributed by atoms with Gasteiger partial charge in [-0.1, -0.05) is 6.07 Å².